The van der Waals surface area contributed by atoms with Crippen molar-refractivity contribution in [2.24, 2.45) is 0 Å². The Morgan fingerprint density at radius 1 is 1.33 bits per heavy atom. The molecular formula is C13H18Cl2N2O. The average molecular weight is 289 g/mol. The zero-order chi connectivity index (χ0) is 13.3. The molecule has 1 aliphatic rings. The third-order valence-electron chi connectivity index (χ3n) is 3.34. The number of phenols is 1. The van der Waals surface area contributed by atoms with E-state index < -0.39 is 0 Å². The van der Waals surface area contributed by atoms with Crippen LogP contribution in [0.4, 0.5) is 5.69 Å². The van der Waals surface area contributed by atoms with Gasteiger partial charge < -0.3 is 10.4 Å². The second-order valence-electron chi connectivity index (χ2n) is 5.01. The summed E-state index contributed by atoms with van der Waals surface area (Å²) in [6.07, 6.45) is 1.11. The average Bonchev–Trinajstić information content (AvgIpc) is 2.74. The molecule has 1 aliphatic heterocycles. The van der Waals surface area contributed by atoms with Crippen molar-refractivity contribution >= 4 is 28.9 Å². The van der Waals surface area contributed by atoms with Crippen LogP contribution in [0.15, 0.2) is 12.1 Å². The first-order chi connectivity index (χ1) is 8.47. The minimum absolute atomic E-state index is 0.0564. The van der Waals surface area contributed by atoms with Crippen LogP contribution in [0.1, 0.15) is 20.3 Å². The lowest BCUT2D eigenvalue weighted by atomic mass is 10.2. The smallest absolute Gasteiger partial charge is 0.152 e. The van der Waals surface area contributed by atoms with E-state index in [1.165, 1.54) is 0 Å². The second kappa shape index (κ2) is 5.55. The van der Waals surface area contributed by atoms with Gasteiger partial charge in [0, 0.05) is 30.9 Å². The molecule has 1 heterocycles. The summed E-state index contributed by atoms with van der Waals surface area (Å²) in [7, 11) is 0. The highest BCUT2D eigenvalue weighted by molar-refractivity contribution is 6.37. The molecule has 2 N–H and O–H groups in total. The summed E-state index contributed by atoms with van der Waals surface area (Å²) in [6.45, 7) is 6.54. The first-order valence-electron chi connectivity index (χ1n) is 6.16. The Balaban J connectivity index is 2.03. The Labute approximate surface area is 118 Å². The normalized spacial score (nSPS) is 20.6. The number of likely N-dealkylation sites (tertiary alicyclic amines) is 1. The molecule has 1 aromatic carbocycles. The number of nitrogens with zero attached hydrogens (tertiary/aromatic N) is 1. The Kier molecular flexibility index (Phi) is 4.25. The van der Waals surface area contributed by atoms with Crippen LogP contribution in [0.3, 0.4) is 0 Å². The number of benzene rings is 1. The van der Waals surface area contributed by atoms with E-state index in [1.54, 1.807) is 12.1 Å². The quantitative estimate of drug-likeness (QED) is 0.835. The maximum absolute atomic E-state index is 9.51. The van der Waals surface area contributed by atoms with Gasteiger partial charge in [-0.25, -0.2) is 0 Å². The summed E-state index contributed by atoms with van der Waals surface area (Å²) < 4.78 is 0. The molecule has 0 aromatic heterocycles. The molecule has 5 heteroatoms. The molecule has 1 atom stereocenters. The fourth-order valence-electron chi connectivity index (χ4n) is 2.26. The Morgan fingerprint density at radius 3 is 2.44 bits per heavy atom. The minimum Gasteiger partial charge on any atom is -0.505 e. The van der Waals surface area contributed by atoms with Gasteiger partial charge in [-0.1, -0.05) is 23.2 Å². The van der Waals surface area contributed by atoms with Gasteiger partial charge in [-0.3, -0.25) is 4.90 Å². The van der Waals surface area contributed by atoms with Gasteiger partial charge >= 0.3 is 0 Å². The van der Waals surface area contributed by atoms with Crippen molar-refractivity contribution in [2.45, 2.75) is 32.4 Å². The maximum Gasteiger partial charge on any atom is 0.152 e. The van der Waals surface area contributed by atoms with Crippen LogP contribution >= 0.6 is 23.2 Å². The van der Waals surface area contributed by atoms with E-state index in [-0.39, 0.29) is 15.8 Å². The van der Waals surface area contributed by atoms with Crippen molar-refractivity contribution in [3.8, 4) is 5.75 Å². The van der Waals surface area contributed by atoms with Crippen molar-refractivity contribution in [3.05, 3.63) is 22.2 Å². The number of phenolic OH excluding ortho intramolecular Hbond substituents is 1. The third-order valence-corrected chi connectivity index (χ3v) is 3.91. The predicted molar refractivity (Wildman–Crippen MR) is 76.9 cm³/mol. The highest BCUT2D eigenvalue weighted by Gasteiger charge is 2.24. The van der Waals surface area contributed by atoms with Gasteiger partial charge in [-0.2, -0.15) is 0 Å². The number of anilines is 1. The highest BCUT2D eigenvalue weighted by atomic mass is 35.5. The van der Waals surface area contributed by atoms with Crippen molar-refractivity contribution in [1.29, 1.82) is 0 Å². The number of nitrogens with one attached hydrogen (secondary N) is 1. The zero-order valence-corrected chi connectivity index (χ0v) is 12.1. The van der Waals surface area contributed by atoms with E-state index in [2.05, 4.69) is 24.1 Å². The molecule has 0 aliphatic carbocycles. The standard InChI is InChI=1S/C13H18Cl2N2O/c1-8(2)17-4-3-9(7-17)16-10-5-11(14)13(18)12(15)6-10/h5-6,8-9,16,18H,3-4,7H2,1-2H3. The Morgan fingerprint density at radius 2 is 1.94 bits per heavy atom. The molecule has 1 fully saturated rings. The maximum atomic E-state index is 9.51. The van der Waals surface area contributed by atoms with E-state index in [1.807, 2.05) is 0 Å². The number of hydrogen-bond donors (Lipinski definition) is 2. The summed E-state index contributed by atoms with van der Waals surface area (Å²) in [5.41, 5.74) is 0.860. The second-order valence-corrected chi connectivity index (χ2v) is 5.82. The van der Waals surface area contributed by atoms with Crippen LogP contribution in [0.25, 0.3) is 0 Å². The molecule has 1 aromatic rings. The monoisotopic (exact) mass is 288 g/mol. The van der Waals surface area contributed by atoms with Crippen LogP contribution in [0.5, 0.6) is 5.75 Å². The van der Waals surface area contributed by atoms with E-state index in [0.29, 0.717) is 12.1 Å². The molecule has 0 amide bonds. The zero-order valence-electron chi connectivity index (χ0n) is 10.6. The highest BCUT2D eigenvalue weighted by Crippen LogP contribution is 2.35. The lowest BCUT2D eigenvalue weighted by Gasteiger charge is -2.21. The minimum atomic E-state index is -0.0564. The Hall–Kier alpha value is -0.640. The topological polar surface area (TPSA) is 35.5 Å². The van der Waals surface area contributed by atoms with Crippen molar-refractivity contribution in [2.75, 3.05) is 18.4 Å². The Bertz CT molecular complexity index is 414. The SMILES string of the molecule is CC(C)N1CCC(Nc2cc(Cl)c(O)c(Cl)c2)C1. The largest absolute Gasteiger partial charge is 0.505 e. The molecule has 3 nitrogen and oxygen atoms in total. The molecule has 1 unspecified atom stereocenters. The fraction of sp³-hybridized carbons (Fsp3) is 0.538. The molecule has 0 saturated carbocycles. The van der Waals surface area contributed by atoms with Gasteiger partial charge in [0.25, 0.3) is 0 Å². The third kappa shape index (κ3) is 3.02. The predicted octanol–water partition coefficient (Wildman–Crippen LogP) is 3.59. The molecule has 18 heavy (non-hydrogen) atoms. The van der Waals surface area contributed by atoms with Gasteiger partial charge in [0.1, 0.15) is 0 Å². The molecule has 1 saturated heterocycles. The first kappa shape index (κ1) is 13.8. The molecule has 100 valence electrons. The van der Waals surface area contributed by atoms with Crippen LogP contribution in [0, 0.1) is 0 Å². The first-order valence-corrected chi connectivity index (χ1v) is 6.91. The lowest BCUT2D eigenvalue weighted by molar-refractivity contribution is 0.274. The molecule has 2 rings (SSSR count). The summed E-state index contributed by atoms with van der Waals surface area (Å²) >= 11 is 11.8. The van der Waals surface area contributed by atoms with E-state index in [9.17, 15) is 5.11 Å². The lowest BCUT2D eigenvalue weighted by Crippen LogP contribution is -2.31. The summed E-state index contributed by atoms with van der Waals surface area (Å²) in [5.74, 6) is -0.0564. The molecular weight excluding hydrogens is 271 g/mol. The van der Waals surface area contributed by atoms with Crippen molar-refractivity contribution < 1.29 is 5.11 Å². The fourth-order valence-corrected chi connectivity index (χ4v) is 2.75. The van der Waals surface area contributed by atoms with Gasteiger partial charge in [0.15, 0.2) is 5.75 Å². The van der Waals surface area contributed by atoms with Crippen molar-refractivity contribution in [3.63, 3.8) is 0 Å². The van der Waals surface area contributed by atoms with Gasteiger partial charge in [-0.15, -0.1) is 0 Å². The number of halogens is 2. The van der Waals surface area contributed by atoms with Gasteiger partial charge in [-0.05, 0) is 32.4 Å². The van der Waals surface area contributed by atoms with Crippen LogP contribution in [-0.2, 0) is 0 Å². The molecule has 0 bridgehead atoms. The molecule has 0 radical (unpaired) electrons. The molecule has 0 spiro atoms. The summed E-state index contributed by atoms with van der Waals surface area (Å²) in [6, 6.07) is 4.40. The van der Waals surface area contributed by atoms with E-state index >= 15 is 0 Å². The van der Waals surface area contributed by atoms with E-state index in [4.69, 9.17) is 23.2 Å². The summed E-state index contributed by atoms with van der Waals surface area (Å²) in [5, 5.41) is 13.5. The van der Waals surface area contributed by atoms with Crippen LogP contribution < -0.4 is 5.32 Å². The number of rotatable bonds is 3. The van der Waals surface area contributed by atoms with Crippen molar-refractivity contribution in [1.82, 2.24) is 4.90 Å². The van der Waals surface area contributed by atoms with Crippen LogP contribution in [-0.4, -0.2) is 35.2 Å². The van der Waals surface area contributed by atoms with E-state index in [0.717, 1.165) is 25.2 Å². The summed E-state index contributed by atoms with van der Waals surface area (Å²) in [4.78, 5) is 2.43. The van der Waals surface area contributed by atoms with Gasteiger partial charge in [0.2, 0.25) is 0 Å². The van der Waals surface area contributed by atoms with Gasteiger partial charge in [0.05, 0.1) is 10.0 Å². The van der Waals surface area contributed by atoms with Crippen LogP contribution in [0.2, 0.25) is 10.0 Å². The number of hydrogen-bond acceptors (Lipinski definition) is 3. The number of aromatic hydroxyl groups is 1.